The number of methoxy groups -OCH3 is 1. The first-order valence-electron chi connectivity index (χ1n) is 5.02. The van der Waals surface area contributed by atoms with Crippen LogP contribution < -0.4 is 0 Å². The van der Waals surface area contributed by atoms with Crippen molar-refractivity contribution in [3.05, 3.63) is 34.5 Å². The predicted molar refractivity (Wildman–Crippen MR) is 63.7 cm³/mol. The molecular formula is C12H10ClNO3. The maximum Gasteiger partial charge on any atom is 0.356 e. The highest BCUT2D eigenvalue weighted by Crippen LogP contribution is 2.28. The molecule has 1 aliphatic heterocycles. The average molecular weight is 252 g/mol. The molecule has 0 radical (unpaired) electrons. The minimum Gasteiger partial charge on any atom is -0.464 e. The molecule has 1 atom stereocenters. The van der Waals surface area contributed by atoms with Gasteiger partial charge in [0, 0.05) is 11.1 Å². The lowest BCUT2D eigenvalue weighted by atomic mass is 9.87. The Labute approximate surface area is 103 Å². The van der Waals surface area contributed by atoms with Crippen LogP contribution in [0.1, 0.15) is 6.92 Å². The monoisotopic (exact) mass is 251 g/mol. The second-order valence-corrected chi connectivity index (χ2v) is 4.14. The Morgan fingerprint density at radius 3 is 2.88 bits per heavy atom. The van der Waals surface area contributed by atoms with Crippen LogP contribution in [0.15, 0.2) is 39.5 Å². The molecule has 1 heterocycles. The second kappa shape index (κ2) is 4.30. The van der Waals surface area contributed by atoms with Crippen LogP contribution in [0.3, 0.4) is 0 Å². The molecule has 2 rings (SSSR count). The highest BCUT2D eigenvalue weighted by Gasteiger charge is 2.31. The predicted octanol–water partition coefficient (Wildman–Crippen LogP) is 1.77. The molecule has 0 spiro atoms. The summed E-state index contributed by atoms with van der Waals surface area (Å²) in [6, 6.07) is 0. The second-order valence-electron chi connectivity index (χ2n) is 3.73. The van der Waals surface area contributed by atoms with E-state index < -0.39 is 11.9 Å². The number of nitrogens with zero attached hydrogens (tertiary/aromatic N) is 1. The highest BCUT2D eigenvalue weighted by atomic mass is 35.5. The van der Waals surface area contributed by atoms with E-state index in [-0.39, 0.29) is 11.5 Å². The van der Waals surface area contributed by atoms with Crippen molar-refractivity contribution in [1.29, 1.82) is 0 Å². The van der Waals surface area contributed by atoms with Crippen LogP contribution in [0.5, 0.6) is 0 Å². The molecule has 88 valence electrons. The fourth-order valence-electron chi connectivity index (χ4n) is 1.73. The van der Waals surface area contributed by atoms with Crippen molar-refractivity contribution in [1.82, 2.24) is 0 Å². The van der Waals surface area contributed by atoms with Gasteiger partial charge in [0.2, 0.25) is 0 Å². The number of hydrogen-bond acceptors (Lipinski definition) is 4. The summed E-state index contributed by atoms with van der Waals surface area (Å²) >= 11 is 5.96. The lowest BCUT2D eigenvalue weighted by Gasteiger charge is -2.22. The van der Waals surface area contributed by atoms with Crippen molar-refractivity contribution in [3.8, 4) is 0 Å². The highest BCUT2D eigenvalue weighted by molar-refractivity contribution is 6.36. The lowest BCUT2D eigenvalue weighted by Crippen LogP contribution is -2.29. The number of carbonyl (C=O) groups excluding carboxylic acids is 2. The van der Waals surface area contributed by atoms with Crippen LogP contribution in [0.25, 0.3) is 0 Å². The minimum absolute atomic E-state index is 0.0165. The Hall–Kier alpha value is -1.68. The van der Waals surface area contributed by atoms with E-state index in [4.69, 9.17) is 11.6 Å². The number of ketones is 1. The number of carbonyl (C=O) groups is 2. The number of aliphatic imine (C=N–C) groups is 1. The molecule has 0 fully saturated rings. The Bertz CT molecular complexity index is 526. The van der Waals surface area contributed by atoms with Gasteiger partial charge in [0.25, 0.3) is 0 Å². The number of fused-ring (bicyclic) bond motifs is 1. The zero-order chi connectivity index (χ0) is 12.6. The van der Waals surface area contributed by atoms with E-state index in [9.17, 15) is 9.59 Å². The van der Waals surface area contributed by atoms with Crippen LogP contribution >= 0.6 is 11.6 Å². The number of halogens is 1. The summed E-state index contributed by atoms with van der Waals surface area (Å²) in [5.74, 6) is -1.25. The maximum atomic E-state index is 11.8. The molecule has 1 aliphatic carbocycles. The fourth-order valence-corrected chi connectivity index (χ4v) is 1.90. The summed E-state index contributed by atoms with van der Waals surface area (Å²) in [4.78, 5) is 27.3. The first kappa shape index (κ1) is 11.8. The van der Waals surface area contributed by atoms with Crippen LogP contribution in [0.4, 0.5) is 0 Å². The van der Waals surface area contributed by atoms with Gasteiger partial charge in [-0.3, -0.25) is 4.79 Å². The number of rotatable bonds is 1. The summed E-state index contributed by atoms with van der Waals surface area (Å²) in [5.41, 5.74) is 1.25. The van der Waals surface area contributed by atoms with Gasteiger partial charge in [-0.1, -0.05) is 17.7 Å². The molecule has 0 saturated heterocycles. The van der Waals surface area contributed by atoms with E-state index in [0.29, 0.717) is 16.3 Å². The molecule has 0 aromatic carbocycles. The standard InChI is InChI=1S/C12H10ClNO3/c1-6-8(13)4-3-7-10(15)5-9(12(16)17-2)14-11(6)7/h3-5,7H,1-2H3. The zero-order valence-corrected chi connectivity index (χ0v) is 10.1. The van der Waals surface area contributed by atoms with Gasteiger partial charge in [-0.25, -0.2) is 9.79 Å². The Kier molecular flexibility index (Phi) is 2.98. The molecule has 0 N–H and O–H groups in total. The van der Waals surface area contributed by atoms with Crippen molar-refractivity contribution in [3.63, 3.8) is 0 Å². The quantitative estimate of drug-likeness (QED) is 0.668. The van der Waals surface area contributed by atoms with Gasteiger partial charge >= 0.3 is 5.97 Å². The van der Waals surface area contributed by atoms with Crippen molar-refractivity contribution >= 4 is 29.1 Å². The topological polar surface area (TPSA) is 55.7 Å². The molecule has 0 aromatic rings. The number of hydrogen-bond donors (Lipinski definition) is 0. The minimum atomic E-state index is -0.622. The lowest BCUT2D eigenvalue weighted by molar-refractivity contribution is -0.136. The first-order valence-corrected chi connectivity index (χ1v) is 5.39. The molecule has 0 amide bonds. The molecule has 17 heavy (non-hydrogen) atoms. The molecule has 1 unspecified atom stereocenters. The molecule has 4 nitrogen and oxygen atoms in total. The normalized spacial score (nSPS) is 23.0. The van der Waals surface area contributed by atoms with Gasteiger partial charge in [-0.2, -0.15) is 0 Å². The van der Waals surface area contributed by atoms with E-state index >= 15 is 0 Å². The number of esters is 1. The first-order chi connectivity index (χ1) is 8.04. The molecule has 0 saturated carbocycles. The third-order valence-corrected chi connectivity index (χ3v) is 3.10. The van der Waals surface area contributed by atoms with Crippen molar-refractivity contribution in [2.75, 3.05) is 7.11 Å². The van der Waals surface area contributed by atoms with Gasteiger partial charge in [-0.15, -0.1) is 0 Å². The average Bonchev–Trinajstić information content (AvgIpc) is 2.33. The van der Waals surface area contributed by atoms with E-state index in [2.05, 4.69) is 9.73 Å². The number of ether oxygens (including phenoxy) is 1. The SMILES string of the molecule is COC(=O)C1=CC(=O)C2C=CC(Cl)=C(C)C2=N1. The van der Waals surface area contributed by atoms with Crippen molar-refractivity contribution in [2.45, 2.75) is 6.92 Å². The van der Waals surface area contributed by atoms with E-state index in [1.165, 1.54) is 13.2 Å². The zero-order valence-electron chi connectivity index (χ0n) is 9.36. The van der Waals surface area contributed by atoms with Crippen molar-refractivity contribution < 1.29 is 14.3 Å². The van der Waals surface area contributed by atoms with Gasteiger partial charge in [0.15, 0.2) is 11.5 Å². The molecule has 0 aromatic heterocycles. The van der Waals surface area contributed by atoms with E-state index in [0.717, 1.165) is 0 Å². The Morgan fingerprint density at radius 1 is 1.53 bits per heavy atom. The largest absolute Gasteiger partial charge is 0.464 e. The maximum absolute atomic E-state index is 11.8. The van der Waals surface area contributed by atoms with Crippen LogP contribution in [-0.2, 0) is 14.3 Å². The summed E-state index contributed by atoms with van der Waals surface area (Å²) in [7, 11) is 1.25. The Balaban J connectivity index is 2.48. The summed E-state index contributed by atoms with van der Waals surface area (Å²) < 4.78 is 4.55. The van der Waals surface area contributed by atoms with Crippen LogP contribution in [0, 0.1) is 5.92 Å². The van der Waals surface area contributed by atoms with Crippen LogP contribution in [-0.4, -0.2) is 24.6 Å². The smallest absolute Gasteiger partial charge is 0.356 e. The number of allylic oxidation sites excluding steroid dienone is 5. The van der Waals surface area contributed by atoms with Gasteiger partial charge < -0.3 is 4.74 Å². The van der Waals surface area contributed by atoms with E-state index in [1.807, 2.05) is 0 Å². The summed E-state index contributed by atoms with van der Waals surface area (Å²) in [6.07, 6.45) is 4.56. The molecule has 5 heteroatoms. The van der Waals surface area contributed by atoms with E-state index in [1.54, 1.807) is 19.1 Å². The molecule has 2 aliphatic rings. The third-order valence-electron chi connectivity index (χ3n) is 2.69. The van der Waals surface area contributed by atoms with Gasteiger partial charge in [-0.05, 0) is 18.6 Å². The molecular weight excluding hydrogens is 242 g/mol. The fraction of sp³-hybridized carbons (Fsp3) is 0.250. The third kappa shape index (κ3) is 1.96. The van der Waals surface area contributed by atoms with Gasteiger partial charge in [0.1, 0.15) is 0 Å². The van der Waals surface area contributed by atoms with Crippen LogP contribution in [0.2, 0.25) is 0 Å². The molecule has 0 bridgehead atoms. The summed E-state index contributed by atoms with van der Waals surface area (Å²) in [5, 5.41) is 0.527. The Morgan fingerprint density at radius 2 is 2.24 bits per heavy atom. The van der Waals surface area contributed by atoms with Crippen molar-refractivity contribution in [2.24, 2.45) is 10.9 Å². The van der Waals surface area contributed by atoms with Gasteiger partial charge in [0.05, 0.1) is 18.7 Å². The summed E-state index contributed by atoms with van der Waals surface area (Å²) in [6.45, 7) is 1.77.